The minimum Gasteiger partial charge on any atom is -0.310 e. The predicted octanol–water partition coefficient (Wildman–Crippen LogP) is 5.55. The third kappa shape index (κ3) is 4.63. The Morgan fingerprint density at radius 3 is 2.57 bits per heavy atom. The van der Waals surface area contributed by atoms with Crippen molar-refractivity contribution in [2.24, 2.45) is 0 Å². The molecule has 0 heterocycles. The van der Waals surface area contributed by atoms with Gasteiger partial charge in [0.25, 0.3) is 0 Å². The molecule has 1 unspecified atom stereocenters. The fourth-order valence-corrected chi connectivity index (χ4v) is 3.72. The van der Waals surface area contributed by atoms with E-state index < -0.39 is 0 Å². The van der Waals surface area contributed by atoms with Gasteiger partial charge in [-0.2, -0.15) is 0 Å². The summed E-state index contributed by atoms with van der Waals surface area (Å²) >= 11 is 7.05. The lowest BCUT2D eigenvalue weighted by Crippen LogP contribution is -2.22. The normalized spacial score (nSPS) is 12.4. The first-order valence-corrected chi connectivity index (χ1v) is 8.49. The summed E-state index contributed by atoms with van der Waals surface area (Å²) in [7, 11) is 0. The van der Waals surface area contributed by atoms with Crippen molar-refractivity contribution in [3.8, 4) is 0 Å². The van der Waals surface area contributed by atoms with Gasteiger partial charge in [-0.25, -0.2) is 4.39 Å². The van der Waals surface area contributed by atoms with Crippen LogP contribution in [-0.2, 0) is 6.42 Å². The summed E-state index contributed by atoms with van der Waals surface area (Å²) in [6.45, 7) is 4.95. The Kier molecular flexibility index (Phi) is 5.97. The van der Waals surface area contributed by atoms with Gasteiger partial charge in [-0.1, -0.05) is 44.0 Å². The minimum atomic E-state index is -0.170. The molecule has 4 heteroatoms. The summed E-state index contributed by atoms with van der Waals surface area (Å²) in [4.78, 5) is 0. The van der Waals surface area contributed by atoms with E-state index >= 15 is 0 Å². The topological polar surface area (TPSA) is 12.0 Å². The quantitative estimate of drug-likeness (QED) is 0.675. The highest BCUT2D eigenvalue weighted by atomic mass is 79.9. The summed E-state index contributed by atoms with van der Waals surface area (Å²) in [6, 6.07) is 11.4. The zero-order valence-electron chi connectivity index (χ0n) is 12.1. The highest BCUT2D eigenvalue weighted by molar-refractivity contribution is 9.11. The molecule has 1 nitrogen and oxygen atoms in total. The molecule has 0 bridgehead atoms. The van der Waals surface area contributed by atoms with Crippen molar-refractivity contribution in [1.29, 1.82) is 0 Å². The van der Waals surface area contributed by atoms with Gasteiger partial charge in [0.05, 0.1) is 0 Å². The number of aryl methyl sites for hydroxylation is 1. The van der Waals surface area contributed by atoms with Gasteiger partial charge in [-0.15, -0.1) is 0 Å². The van der Waals surface area contributed by atoms with E-state index in [2.05, 4.69) is 56.2 Å². The van der Waals surface area contributed by atoms with Crippen LogP contribution in [0.3, 0.4) is 0 Å². The molecule has 112 valence electrons. The standard InChI is InChI=1S/C17H18Br2FN/c1-11-9-15(20)5-3-13(11)7-8-21-12(2)16-6-4-14(18)10-17(16)19/h3-6,9-10,12,21H,7-8H2,1-2H3. The van der Waals surface area contributed by atoms with Gasteiger partial charge in [-0.3, -0.25) is 0 Å². The third-order valence-electron chi connectivity index (χ3n) is 3.58. The highest BCUT2D eigenvalue weighted by Crippen LogP contribution is 2.26. The van der Waals surface area contributed by atoms with Gasteiger partial charge in [0.2, 0.25) is 0 Å². The van der Waals surface area contributed by atoms with Crippen LogP contribution < -0.4 is 5.32 Å². The van der Waals surface area contributed by atoms with E-state index in [1.807, 2.05) is 19.1 Å². The average Bonchev–Trinajstić information content (AvgIpc) is 2.41. The molecule has 2 aromatic carbocycles. The van der Waals surface area contributed by atoms with Crippen LogP contribution >= 0.6 is 31.9 Å². The van der Waals surface area contributed by atoms with Crippen molar-refractivity contribution in [1.82, 2.24) is 5.32 Å². The fourth-order valence-electron chi connectivity index (χ4n) is 2.33. The number of halogens is 3. The molecule has 2 aromatic rings. The van der Waals surface area contributed by atoms with Crippen LogP contribution in [0.15, 0.2) is 45.3 Å². The largest absolute Gasteiger partial charge is 0.310 e. The van der Waals surface area contributed by atoms with Crippen LogP contribution in [0.25, 0.3) is 0 Å². The highest BCUT2D eigenvalue weighted by Gasteiger charge is 2.09. The Hall–Kier alpha value is -0.710. The molecule has 0 aliphatic heterocycles. The van der Waals surface area contributed by atoms with Gasteiger partial charge < -0.3 is 5.32 Å². The van der Waals surface area contributed by atoms with Gasteiger partial charge in [0.15, 0.2) is 0 Å². The van der Waals surface area contributed by atoms with Crippen molar-refractivity contribution >= 4 is 31.9 Å². The smallest absolute Gasteiger partial charge is 0.123 e. The van der Waals surface area contributed by atoms with E-state index in [0.717, 1.165) is 27.5 Å². The summed E-state index contributed by atoms with van der Waals surface area (Å²) in [5.74, 6) is -0.170. The molecule has 0 aliphatic rings. The molecule has 21 heavy (non-hydrogen) atoms. The van der Waals surface area contributed by atoms with Crippen LogP contribution in [0.2, 0.25) is 0 Å². The summed E-state index contributed by atoms with van der Waals surface area (Å²) in [5.41, 5.74) is 3.43. The van der Waals surface area contributed by atoms with E-state index in [1.165, 1.54) is 17.2 Å². The molecule has 0 fully saturated rings. The molecule has 0 saturated heterocycles. The Morgan fingerprint density at radius 1 is 1.14 bits per heavy atom. The molecule has 0 amide bonds. The van der Waals surface area contributed by atoms with E-state index in [1.54, 1.807) is 6.07 Å². The van der Waals surface area contributed by atoms with Crippen LogP contribution in [0, 0.1) is 12.7 Å². The van der Waals surface area contributed by atoms with Crippen LogP contribution in [0.5, 0.6) is 0 Å². The third-order valence-corrected chi connectivity index (χ3v) is 4.76. The molecule has 1 N–H and O–H groups in total. The number of hydrogen-bond donors (Lipinski definition) is 1. The molecule has 0 aliphatic carbocycles. The maximum Gasteiger partial charge on any atom is 0.123 e. The van der Waals surface area contributed by atoms with Gasteiger partial charge in [0, 0.05) is 15.0 Å². The van der Waals surface area contributed by atoms with E-state index in [0.29, 0.717) is 0 Å². The number of rotatable bonds is 5. The summed E-state index contributed by atoms with van der Waals surface area (Å²) in [5, 5.41) is 3.51. The first-order chi connectivity index (χ1) is 9.97. The number of nitrogens with one attached hydrogen (secondary N) is 1. The van der Waals surface area contributed by atoms with Gasteiger partial charge in [0.1, 0.15) is 5.82 Å². The number of benzene rings is 2. The second kappa shape index (κ2) is 7.52. The lowest BCUT2D eigenvalue weighted by atomic mass is 10.0. The Labute approximate surface area is 142 Å². The Bertz CT molecular complexity index is 628. The van der Waals surface area contributed by atoms with Crippen LogP contribution in [-0.4, -0.2) is 6.54 Å². The van der Waals surface area contributed by atoms with Crippen molar-refractivity contribution in [2.45, 2.75) is 26.3 Å². The lowest BCUT2D eigenvalue weighted by Gasteiger charge is -2.16. The lowest BCUT2D eigenvalue weighted by molar-refractivity contribution is 0.573. The van der Waals surface area contributed by atoms with Gasteiger partial charge in [-0.05, 0) is 67.8 Å². The van der Waals surface area contributed by atoms with Crippen molar-refractivity contribution in [3.05, 3.63) is 67.9 Å². The molecule has 0 aromatic heterocycles. The van der Waals surface area contributed by atoms with E-state index in [-0.39, 0.29) is 11.9 Å². The average molecular weight is 415 g/mol. The zero-order valence-corrected chi connectivity index (χ0v) is 15.3. The second-order valence-electron chi connectivity index (χ2n) is 5.16. The van der Waals surface area contributed by atoms with Crippen molar-refractivity contribution < 1.29 is 4.39 Å². The first-order valence-electron chi connectivity index (χ1n) is 6.90. The maximum absolute atomic E-state index is 13.1. The van der Waals surface area contributed by atoms with Crippen molar-refractivity contribution in [3.63, 3.8) is 0 Å². The zero-order chi connectivity index (χ0) is 15.4. The monoisotopic (exact) mass is 413 g/mol. The minimum absolute atomic E-state index is 0.170. The number of hydrogen-bond acceptors (Lipinski definition) is 1. The van der Waals surface area contributed by atoms with Crippen LogP contribution in [0.1, 0.15) is 29.7 Å². The van der Waals surface area contributed by atoms with Crippen LogP contribution in [0.4, 0.5) is 4.39 Å². The molecule has 1 atom stereocenters. The molecular weight excluding hydrogens is 397 g/mol. The van der Waals surface area contributed by atoms with Gasteiger partial charge >= 0.3 is 0 Å². The molecule has 2 rings (SSSR count). The van der Waals surface area contributed by atoms with E-state index in [4.69, 9.17) is 0 Å². The summed E-state index contributed by atoms with van der Waals surface area (Å²) < 4.78 is 15.2. The molecular formula is C17H18Br2FN. The SMILES string of the molecule is Cc1cc(F)ccc1CCNC(C)c1ccc(Br)cc1Br. The first kappa shape index (κ1) is 16.7. The Morgan fingerprint density at radius 2 is 1.90 bits per heavy atom. The Balaban J connectivity index is 1.93. The second-order valence-corrected chi connectivity index (χ2v) is 6.93. The molecule has 0 spiro atoms. The van der Waals surface area contributed by atoms with Crippen molar-refractivity contribution in [2.75, 3.05) is 6.54 Å². The summed E-state index contributed by atoms with van der Waals surface area (Å²) in [6.07, 6.45) is 0.893. The van der Waals surface area contributed by atoms with E-state index in [9.17, 15) is 4.39 Å². The molecule has 0 saturated carbocycles. The maximum atomic E-state index is 13.1. The predicted molar refractivity (Wildman–Crippen MR) is 93.1 cm³/mol. The fraction of sp³-hybridized carbons (Fsp3) is 0.294. The molecule has 0 radical (unpaired) electrons.